The van der Waals surface area contributed by atoms with Gasteiger partial charge in [0.05, 0.1) is 6.04 Å². The van der Waals surface area contributed by atoms with E-state index in [1.165, 1.54) is 16.2 Å². The standard InChI is InChI=1S/C17H20N2O2/c1-4-15(13-7-5-12(2)6-8-13)18-17(21)14-9-10-19(3)16(20)11-14/h5-11,15H,4H2,1-3H3,(H,18,21). The molecular weight excluding hydrogens is 264 g/mol. The van der Waals surface area contributed by atoms with Crippen molar-refractivity contribution in [1.82, 2.24) is 9.88 Å². The van der Waals surface area contributed by atoms with Crippen LogP contribution in [-0.4, -0.2) is 10.5 Å². The highest BCUT2D eigenvalue weighted by molar-refractivity contribution is 5.94. The maximum Gasteiger partial charge on any atom is 0.252 e. The summed E-state index contributed by atoms with van der Waals surface area (Å²) in [5.41, 5.74) is 2.46. The Bertz CT molecular complexity index is 687. The van der Waals surface area contributed by atoms with Crippen LogP contribution in [0.1, 0.15) is 40.9 Å². The first-order chi connectivity index (χ1) is 10.0. The first-order valence-electron chi connectivity index (χ1n) is 7.05. The number of hydrogen-bond acceptors (Lipinski definition) is 2. The van der Waals surface area contributed by atoms with Gasteiger partial charge in [-0.15, -0.1) is 0 Å². The van der Waals surface area contributed by atoms with Crippen LogP contribution < -0.4 is 10.9 Å². The van der Waals surface area contributed by atoms with E-state index in [-0.39, 0.29) is 17.5 Å². The van der Waals surface area contributed by atoms with Gasteiger partial charge in [-0.25, -0.2) is 0 Å². The largest absolute Gasteiger partial charge is 0.345 e. The minimum Gasteiger partial charge on any atom is -0.345 e. The van der Waals surface area contributed by atoms with Gasteiger partial charge in [-0.2, -0.15) is 0 Å². The van der Waals surface area contributed by atoms with Gasteiger partial charge in [-0.3, -0.25) is 9.59 Å². The second-order valence-corrected chi connectivity index (χ2v) is 5.21. The Hall–Kier alpha value is -2.36. The lowest BCUT2D eigenvalue weighted by molar-refractivity contribution is 0.0935. The molecule has 0 bridgehead atoms. The highest BCUT2D eigenvalue weighted by atomic mass is 16.2. The average Bonchev–Trinajstić information content (AvgIpc) is 2.48. The van der Waals surface area contributed by atoms with E-state index >= 15 is 0 Å². The second kappa shape index (κ2) is 6.39. The summed E-state index contributed by atoms with van der Waals surface area (Å²) in [5, 5.41) is 2.98. The van der Waals surface area contributed by atoms with Crippen molar-refractivity contribution in [2.45, 2.75) is 26.3 Å². The van der Waals surface area contributed by atoms with Gasteiger partial charge >= 0.3 is 0 Å². The monoisotopic (exact) mass is 284 g/mol. The molecule has 4 heteroatoms. The van der Waals surface area contributed by atoms with Crippen molar-refractivity contribution in [2.24, 2.45) is 7.05 Å². The zero-order valence-electron chi connectivity index (χ0n) is 12.6. The van der Waals surface area contributed by atoms with Crippen LogP contribution in [0.4, 0.5) is 0 Å². The molecule has 1 heterocycles. The molecule has 2 aromatic rings. The van der Waals surface area contributed by atoms with Gasteiger partial charge in [-0.05, 0) is 25.0 Å². The van der Waals surface area contributed by atoms with Gasteiger partial charge in [0, 0.05) is 24.9 Å². The third-order valence-corrected chi connectivity index (χ3v) is 3.56. The van der Waals surface area contributed by atoms with Crippen molar-refractivity contribution >= 4 is 5.91 Å². The van der Waals surface area contributed by atoms with Gasteiger partial charge in [0.2, 0.25) is 0 Å². The first kappa shape index (κ1) is 15.0. The average molecular weight is 284 g/mol. The van der Waals surface area contributed by atoms with Crippen molar-refractivity contribution < 1.29 is 4.79 Å². The number of aryl methyl sites for hydroxylation is 2. The van der Waals surface area contributed by atoms with E-state index in [1.54, 1.807) is 19.3 Å². The van der Waals surface area contributed by atoms with E-state index in [4.69, 9.17) is 0 Å². The van der Waals surface area contributed by atoms with Crippen molar-refractivity contribution in [3.05, 3.63) is 69.6 Å². The maximum absolute atomic E-state index is 12.3. The number of nitrogens with one attached hydrogen (secondary N) is 1. The first-order valence-corrected chi connectivity index (χ1v) is 7.05. The third kappa shape index (κ3) is 3.60. The van der Waals surface area contributed by atoms with Gasteiger partial charge in [0.25, 0.3) is 11.5 Å². The minimum atomic E-state index is -0.222. The molecule has 0 fully saturated rings. The van der Waals surface area contributed by atoms with Gasteiger partial charge in [0.1, 0.15) is 0 Å². The van der Waals surface area contributed by atoms with E-state index in [0.29, 0.717) is 5.56 Å². The Morgan fingerprint density at radius 2 is 1.90 bits per heavy atom. The summed E-state index contributed by atoms with van der Waals surface area (Å²) in [6.45, 7) is 4.05. The summed E-state index contributed by atoms with van der Waals surface area (Å²) in [6.07, 6.45) is 2.39. The Balaban J connectivity index is 2.17. The van der Waals surface area contributed by atoms with Crippen LogP contribution >= 0.6 is 0 Å². The quantitative estimate of drug-likeness (QED) is 0.938. The molecule has 4 nitrogen and oxygen atoms in total. The smallest absolute Gasteiger partial charge is 0.252 e. The predicted octanol–water partition coefficient (Wildman–Crippen LogP) is 2.57. The molecule has 0 radical (unpaired) electrons. The molecule has 0 spiro atoms. The molecule has 0 aliphatic heterocycles. The van der Waals surface area contributed by atoms with Crippen molar-refractivity contribution in [2.75, 3.05) is 0 Å². The highest BCUT2D eigenvalue weighted by Crippen LogP contribution is 2.17. The fourth-order valence-electron chi connectivity index (χ4n) is 2.15. The summed E-state index contributed by atoms with van der Waals surface area (Å²) >= 11 is 0. The molecule has 0 saturated carbocycles. The number of nitrogens with zero attached hydrogens (tertiary/aromatic N) is 1. The normalized spacial score (nSPS) is 12.0. The fourth-order valence-corrected chi connectivity index (χ4v) is 2.15. The van der Waals surface area contributed by atoms with Gasteiger partial charge in [0.15, 0.2) is 0 Å². The summed E-state index contributed by atoms with van der Waals surface area (Å²) in [7, 11) is 1.66. The molecule has 1 N–H and O–H groups in total. The van der Waals surface area contributed by atoms with Crippen LogP contribution in [0, 0.1) is 6.92 Å². The molecule has 0 saturated heterocycles. The van der Waals surface area contributed by atoms with Gasteiger partial charge < -0.3 is 9.88 Å². The van der Waals surface area contributed by atoms with E-state index in [1.807, 2.05) is 38.1 Å². The molecule has 21 heavy (non-hydrogen) atoms. The summed E-state index contributed by atoms with van der Waals surface area (Å²) in [5.74, 6) is -0.222. The number of amides is 1. The number of aromatic nitrogens is 1. The van der Waals surface area contributed by atoms with E-state index in [0.717, 1.165) is 12.0 Å². The van der Waals surface area contributed by atoms with E-state index < -0.39 is 0 Å². The molecule has 0 aliphatic carbocycles. The zero-order chi connectivity index (χ0) is 15.4. The molecule has 1 unspecified atom stereocenters. The van der Waals surface area contributed by atoms with Crippen molar-refractivity contribution in [3.8, 4) is 0 Å². The Morgan fingerprint density at radius 1 is 1.24 bits per heavy atom. The number of benzene rings is 1. The number of hydrogen-bond donors (Lipinski definition) is 1. The van der Waals surface area contributed by atoms with Crippen LogP contribution in [0.2, 0.25) is 0 Å². The van der Waals surface area contributed by atoms with Gasteiger partial charge in [-0.1, -0.05) is 36.8 Å². The van der Waals surface area contributed by atoms with Crippen LogP contribution in [0.5, 0.6) is 0 Å². The molecule has 0 aliphatic rings. The van der Waals surface area contributed by atoms with E-state index in [2.05, 4.69) is 5.32 Å². The number of pyridine rings is 1. The molecular formula is C17H20N2O2. The molecule has 1 aromatic carbocycles. The summed E-state index contributed by atoms with van der Waals surface area (Å²) < 4.78 is 1.44. The summed E-state index contributed by atoms with van der Waals surface area (Å²) in [6, 6.07) is 11.1. The third-order valence-electron chi connectivity index (χ3n) is 3.56. The van der Waals surface area contributed by atoms with Crippen LogP contribution in [0.25, 0.3) is 0 Å². The second-order valence-electron chi connectivity index (χ2n) is 5.21. The SMILES string of the molecule is CCC(NC(=O)c1ccn(C)c(=O)c1)c1ccc(C)cc1. The summed E-state index contributed by atoms with van der Waals surface area (Å²) in [4.78, 5) is 23.8. The lowest BCUT2D eigenvalue weighted by atomic mass is 10.0. The molecule has 1 amide bonds. The molecule has 1 aromatic heterocycles. The van der Waals surface area contributed by atoms with Crippen molar-refractivity contribution in [1.29, 1.82) is 0 Å². The topological polar surface area (TPSA) is 51.1 Å². The number of carbonyl (C=O) groups excluding carboxylic acids is 1. The highest BCUT2D eigenvalue weighted by Gasteiger charge is 2.14. The Kier molecular flexibility index (Phi) is 4.58. The Morgan fingerprint density at radius 3 is 2.48 bits per heavy atom. The molecule has 2 rings (SSSR count). The fraction of sp³-hybridized carbons (Fsp3) is 0.294. The number of rotatable bonds is 4. The van der Waals surface area contributed by atoms with Crippen LogP contribution in [0.15, 0.2) is 47.4 Å². The van der Waals surface area contributed by atoms with Crippen molar-refractivity contribution in [3.63, 3.8) is 0 Å². The minimum absolute atomic E-state index is 0.0536. The maximum atomic E-state index is 12.3. The Labute approximate surface area is 124 Å². The lowest BCUT2D eigenvalue weighted by Gasteiger charge is -2.17. The number of carbonyl (C=O) groups is 1. The predicted molar refractivity (Wildman–Crippen MR) is 83.4 cm³/mol. The van der Waals surface area contributed by atoms with E-state index in [9.17, 15) is 9.59 Å². The lowest BCUT2D eigenvalue weighted by Crippen LogP contribution is -2.29. The van der Waals surface area contributed by atoms with Crippen LogP contribution in [0.3, 0.4) is 0 Å². The molecule has 1 atom stereocenters. The molecule has 110 valence electrons. The zero-order valence-corrected chi connectivity index (χ0v) is 12.6. The van der Waals surface area contributed by atoms with Crippen LogP contribution in [-0.2, 0) is 7.05 Å².